The van der Waals surface area contributed by atoms with Gasteiger partial charge in [0.05, 0.1) is 12.2 Å². The van der Waals surface area contributed by atoms with Crippen LogP contribution in [0.5, 0.6) is 0 Å². The summed E-state index contributed by atoms with van der Waals surface area (Å²) in [6.45, 7) is 6.29. The molecule has 2 rings (SSSR count). The Hall–Kier alpha value is -0.340. The summed E-state index contributed by atoms with van der Waals surface area (Å²) < 4.78 is 12.3. The summed E-state index contributed by atoms with van der Waals surface area (Å²) in [7, 11) is 0. The molecule has 0 aliphatic heterocycles. The minimum Gasteiger partial charge on any atom is -0.375 e. The van der Waals surface area contributed by atoms with Gasteiger partial charge in [-0.1, -0.05) is 51.7 Å². The zero-order valence-electron chi connectivity index (χ0n) is 12.6. The van der Waals surface area contributed by atoms with Crippen LogP contribution in [-0.2, 0) is 9.47 Å². The van der Waals surface area contributed by atoms with Crippen LogP contribution in [0.2, 0.25) is 0 Å². The van der Waals surface area contributed by atoms with E-state index < -0.39 is 0 Å². The topological polar surface area (TPSA) is 18.5 Å². The molecule has 2 aliphatic carbocycles. The van der Waals surface area contributed by atoms with E-state index in [1.54, 1.807) is 0 Å². The summed E-state index contributed by atoms with van der Waals surface area (Å²) in [6.07, 6.45) is 14.1. The molecule has 0 aromatic heterocycles. The first-order valence-corrected chi connectivity index (χ1v) is 8.28. The molecule has 0 N–H and O–H groups in total. The molecular weight excluding hydrogens is 236 g/mol. The van der Waals surface area contributed by atoms with E-state index in [2.05, 4.69) is 26.0 Å². The maximum atomic E-state index is 6.13. The highest BCUT2D eigenvalue weighted by molar-refractivity contribution is 5.15. The second kappa shape index (κ2) is 8.06. The van der Waals surface area contributed by atoms with Gasteiger partial charge in [0.15, 0.2) is 0 Å². The molecule has 0 aromatic carbocycles. The average molecular weight is 266 g/mol. The number of hydrogen-bond acceptors (Lipinski definition) is 2. The molecule has 2 bridgehead atoms. The number of fused-ring (bicyclic) bond motifs is 2. The molecule has 2 nitrogen and oxygen atoms in total. The zero-order valence-corrected chi connectivity index (χ0v) is 12.6. The van der Waals surface area contributed by atoms with Gasteiger partial charge < -0.3 is 9.47 Å². The summed E-state index contributed by atoms with van der Waals surface area (Å²) in [5.74, 6) is 1.23. The van der Waals surface area contributed by atoms with Crippen LogP contribution in [0, 0.1) is 11.8 Å². The molecule has 4 atom stereocenters. The number of unbranched alkanes of at least 4 members (excludes halogenated alkanes) is 4. The van der Waals surface area contributed by atoms with Gasteiger partial charge >= 0.3 is 0 Å². The minimum atomic E-state index is 0.327. The molecular formula is C17H30O2. The van der Waals surface area contributed by atoms with Crippen molar-refractivity contribution in [1.82, 2.24) is 0 Å². The lowest BCUT2D eigenvalue weighted by Crippen LogP contribution is -2.35. The Morgan fingerprint density at radius 2 is 1.26 bits per heavy atom. The van der Waals surface area contributed by atoms with E-state index in [1.807, 2.05) is 0 Å². The smallest absolute Gasteiger partial charge is 0.0905 e. The quantitative estimate of drug-likeness (QED) is 0.432. The van der Waals surface area contributed by atoms with E-state index in [1.165, 1.54) is 44.9 Å². The van der Waals surface area contributed by atoms with E-state index in [4.69, 9.17) is 9.47 Å². The fraction of sp³-hybridized carbons (Fsp3) is 0.882. The zero-order chi connectivity index (χ0) is 13.5. The lowest BCUT2D eigenvalue weighted by Gasteiger charge is -2.28. The Balaban J connectivity index is 1.73. The van der Waals surface area contributed by atoms with Crippen LogP contribution in [0.4, 0.5) is 0 Å². The Morgan fingerprint density at radius 3 is 1.68 bits per heavy atom. The van der Waals surface area contributed by atoms with Gasteiger partial charge in [-0.3, -0.25) is 0 Å². The second-order valence-electron chi connectivity index (χ2n) is 6.03. The first-order valence-electron chi connectivity index (χ1n) is 8.28. The predicted molar refractivity (Wildman–Crippen MR) is 79.3 cm³/mol. The normalized spacial score (nSPS) is 32.3. The maximum Gasteiger partial charge on any atom is 0.0905 e. The van der Waals surface area contributed by atoms with E-state index in [-0.39, 0.29) is 0 Å². The highest BCUT2D eigenvalue weighted by atomic mass is 16.5. The molecule has 1 saturated carbocycles. The Morgan fingerprint density at radius 1 is 0.789 bits per heavy atom. The molecule has 2 heteroatoms. The molecule has 0 aromatic rings. The molecule has 0 spiro atoms. The van der Waals surface area contributed by atoms with Gasteiger partial charge in [-0.25, -0.2) is 0 Å². The van der Waals surface area contributed by atoms with Crippen LogP contribution in [0.3, 0.4) is 0 Å². The Labute approximate surface area is 118 Å². The monoisotopic (exact) mass is 266 g/mol. The largest absolute Gasteiger partial charge is 0.375 e. The molecule has 4 unspecified atom stereocenters. The van der Waals surface area contributed by atoms with Crippen LogP contribution < -0.4 is 0 Å². The van der Waals surface area contributed by atoms with Gasteiger partial charge in [0.2, 0.25) is 0 Å². The van der Waals surface area contributed by atoms with Crippen molar-refractivity contribution in [1.29, 1.82) is 0 Å². The van der Waals surface area contributed by atoms with Crippen molar-refractivity contribution in [2.24, 2.45) is 11.8 Å². The Bertz CT molecular complexity index is 248. The SMILES string of the molecule is CCCCCOC1C2C=CC(C2)C1OCCCCC. The highest BCUT2D eigenvalue weighted by Crippen LogP contribution is 2.42. The van der Waals surface area contributed by atoms with E-state index in [0.717, 1.165) is 13.2 Å². The lowest BCUT2D eigenvalue weighted by molar-refractivity contribution is -0.0790. The van der Waals surface area contributed by atoms with Gasteiger partial charge in [0, 0.05) is 25.0 Å². The standard InChI is InChI=1S/C17H30O2/c1-3-5-7-11-18-16-14-9-10-15(13-14)17(16)19-12-8-6-4-2/h9-10,14-17H,3-8,11-13H2,1-2H3. The van der Waals surface area contributed by atoms with Gasteiger partial charge in [0.25, 0.3) is 0 Å². The van der Waals surface area contributed by atoms with Crippen LogP contribution in [0.15, 0.2) is 12.2 Å². The molecule has 0 amide bonds. The van der Waals surface area contributed by atoms with Crippen molar-refractivity contribution in [2.45, 2.75) is 71.0 Å². The van der Waals surface area contributed by atoms with Crippen molar-refractivity contribution in [3.05, 3.63) is 12.2 Å². The van der Waals surface area contributed by atoms with Crippen molar-refractivity contribution in [2.75, 3.05) is 13.2 Å². The van der Waals surface area contributed by atoms with E-state index in [9.17, 15) is 0 Å². The van der Waals surface area contributed by atoms with Crippen molar-refractivity contribution < 1.29 is 9.47 Å². The summed E-state index contributed by atoms with van der Waals surface area (Å²) in [5.41, 5.74) is 0. The number of hydrogen-bond donors (Lipinski definition) is 0. The third-order valence-electron chi connectivity index (χ3n) is 4.43. The summed E-state index contributed by atoms with van der Waals surface area (Å²) in [6, 6.07) is 0. The lowest BCUT2D eigenvalue weighted by atomic mass is 10.0. The van der Waals surface area contributed by atoms with Crippen molar-refractivity contribution in [3.63, 3.8) is 0 Å². The summed E-state index contributed by atoms with van der Waals surface area (Å²) in [4.78, 5) is 0. The molecule has 0 heterocycles. The highest BCUT2D eigenvalue weighted by Gasteiger charge is 2.45. The van der Waals surface area contributed by atoms with E-state index >= 15 is 0 Å². The van der Waals surface area contributed by atoms with Crippen LogP contribution in [-0.4, -0.2) is 25.4 Å². The van der Waals surface area contributed by atoms with Crippen LogP contribution in [0.1, 0.15) is 58.8 Å². The Kier molecular flexibility index (Phi) is 6.39. The average Bonchev–Trinajstić information content (AvgIpc) is 3.01. The molecule has 1 fully saturated rings. The number of ether oxygens (including phenoxy) is 2. The molecule has 19 heavy (non-hydrogen) atoms. The van der Waals surface area contributed by atoms with Gasteiger partial charge in [-0.05, 0) is 19.3 Å². The fourth-order valence-electron chi connectivity index (χ4n) is 3.31. The molecule has 2 aliphatic rings. The molecule has 0 saturated heterocycles. The molecule has 110 valence electrons. The van der Waals surface area contributed by atoms with E-state index in [0.29, 0.717) is 24.0 Å². The second-order valence-corrected chi connectivity index (χ2v) is 6.03. The van der Waals surface area contributed by atoms with Gasteiger partial charge in [0.1, 0.15) is 0 Å². The van der Waals surface area contributed by atoms with Crippen molar-refractivity contribution in [3.8, 4) is 0 Å². The van der Waals surface area contributed by atoms with Gasteiger partial charge in [-0.2, -0.15) is 0 Å². The summed E-state index contributed by atoms with van der Waals surface area (Å²) >= 11 is 0. The van der Waals surface area contributed by atoms with Crippen LogP contribution in [0.25, 0.3) is 0 Å². The fourth-order valence-corrected chi connectivity index (χ4v) is 3.31. The number of rotatable bonds is 10. The maximum absolute atomic E-state index is 6.13. The van der Waals surface area contributed by atoms with Crippen molar-refractivity contribution >= 4 is 0 Å². The molecule has 0 radical (unpaired) electrons. The predicted octanol–water partition coefficient (Wildman–Crippen LogP) is 4.34. The first-order chi connectivity index (χ1) is 9.36. The van der Waals surface area contributed by atoms with Gasteiger partial charge in [-0.15, -0.1) is 0 Å². The summed E-state index contributed by atoms with van der Waals surface area (Å²) in [5, 5.41) is 0. The third-order valence-corrected chi connectivity index (χ3v) is 4.43. The first kappa shape index (κ1) is 15.1. The minimum absolute atomic E-state index is 0.327. The third kappa shape index (κ3) is 4.06. The van der Waals surface area contributed by atoms with Crippen LogP contribution >= 0.6 is 0 Å².